The summed E-state index contributed by atoms with van der Waals surface area (Å²) >= 11 is 0. The van der Waals surface area contributed by atoms with E-state index in [-0.39, 0.29) is 18.4 Å². The van der Waals surface area contributed by atoms with Gasteiger partial charge in [0.05, 0.1) is 12.8 Å². The van der Waals surface area contributed by atoms with Crippen molar-refractivity contribution in [2.75, 3.05) is 7.11 Å². The number of hydrogen-bond donors (Lipinski definition) is 2. The summed E-state index contributed by atoms with van der Waals surface area (Å²) in [5.41, 5.74) is 1.70. The van der Waals surface area contributed by atoms with Crippen LogP contribution >= 0.6 is 0 Å². The summed E-state index contributed by atoms with van der Waals surface area (Å²) in [7, 11) is 3.34. The molecule has 0 aromatic carbocycles. The second-order valence-corrected chi connectivity index (χ2v) is 4.73. The largest absolute Gasteiger partial charge is 0.481 e. The first-order valence-corrected chi connectivity index (χ1v) is 6.40. The Balaban J connectivity index is 2.88. The van der Waals surface area contributed by atoms with Crippen LogP contribution in [-0.2, 0) is 23.1 Å². The molecule has 0 aliphatic heterocycles. The topological polar surface area (TPSA) is 93.4 Å². The van der Waals surface area contributed by atoms with Gasteiger partial charge in [-0.05, 0) is 19.8 Å². The van der Waals surface area contributed by atoms with E-state index in [1.165, 1.54) is 6.92 Å². The smallest absolute Gasteiger partial charge is 0.303 e. The number of nitrogens with zero attached hydrogens (tertiary/aromatic N) is 2. The second kappa shape index (κ2) is 6.93. The molecule has 1 rings (SSSR count). The standard InChI is InChI=1S/C13H21N3O4/c1-8-11(13(20-4)16(3)15-8)7-10(14-9(2)17)5-6-12(18)19/h10H,5-7H2,1-4H3,(H,14,17)(H,18,19). The van der Waals surface area contributed by atoms with E-state index in [1.807, 2.05) is 6.92 Å². The molecule has 2 N–H and O–H groups in total. The van der Waals surface area contributed by atoms with Crippen LogP contribution < -0.4 is 10.1 Å². The zero-order valence-corrected chi connectivity index (χ0v) is 12.3. The van der Waals surface area contributed by atoms with E-state index in [2.05, 4.69) is 10.4 Å². The predicted molar refractivity (Wildman–Crippen MR) is 72.7 cm³/mol. The SMILES string of the molecule is COc1c(CC(CCC(=O)O)NC(C)=O)c(C)nn1C. The fourth-order valence-electron chi connectivity index (χ4n) is 2.23. The number of carboxylic acids is 1. The highest BCUT2D eigenvalue weighted by Crippen LogP contribution is 2.23. The Morgan fingerprint density at radius 3 is 2.65 bits per heavy atom. The minimum absolute atomic E-state index is 0.00652. The summed E-state index contributed by atoms with van der Waals surface area (Å²) in [6, 6.07) is -0.250. The van der Waals surface area contributed by atoms with Gasteiger partial charge in [-0.1, -0.05) is 0 Å². The summed E-state index contributed by atoms with van der Waals surface area (Å²) in [6.07, 6.45) is 0.870. The third kappa shape index (κ3) is 4.25. The maximum atomic E-state index is 11.2. The molecule has 0 bridgehead atoms. The van der Waals surface area contributed by atoms with E-state index in [0.717, 1.165) is 11.3 Å². The first-order valence-electron chi connectivity index (χ1n) is 6.40. The molecule has 0 radical (unpaired) electrons. The molecule has 20 heavy (non-hydrogen) atoms. The Labute approximate surface area is 117 Å². The molecular weight excluding hydrogens is 262 g/mol. The van der Waals surface area contributed by atoms with Gasteiger partial charge < -0.3 is 15.2 Å². The third-order valence-electron chi connectivity index (χ3n) is 3.05. The molecule has 7 heteroatoms. The number of amides is 1. The Kier molecular flexibility index (Phi) is 5.54. The highest BCUT2D eigenvalue weighted by Gasteiger charge is 2.20. The van der Waals surface area contributed by atoms with E-state index in [9.17, 15) is 9.59 Å². The third-order valence-corrected chi connectivity index (χ3v) is 3.05. The number of hydrogen-bond acceptors (Lipinski definition) is 4. The van der Waals surface area contributed by atoms with Crippen LogP contribution in [0.1, 0.15) is 31.0 Å². The first-order chi connectivity index (χ1) is 9.35. The van der Waals surface area contributed by atoms with Crippen LogP contribution in [0.2, 0.25) is 0 Å². The highest BCUT2D eigenvalue weighted by molar-refractivity contribution is 5.73. The Morgan fingerprint density at radius 2 is 2.15 bits per heavy atom. The van der Waals surface area contributed by atoms with Gasteiger partial charge in [-0.3, -0.25) is 9.59 Å². The summed E-state index contributed by atoms with van der Waals surface area (Å²) in [5, 5.41) is 15.8. The van der Waals surface area contributed by atoms with Crippen molar-refractivity contribution in [2.45, 2.75) is 39.2 Å². The lowest BCUT2D eigenvalue weighted by atomic mass is 10.0. The first kappa shape index (κ1) is 16.0. The molecule has 1 aromatic rings. The van der Waals surface area contributed by atoms with E-state index >= 15 is 0 Å². The van der Waals surface area contributed by atoms with Gasteiger partial charge in [-0.15, -0.1) is 0 Å². The van der Waals surface area contributed by atoms with Gasteiger partial charge in [0.1, 0.15) is 0 Å². The van der Waals surface area contributed by atoms with Crippen LogP contribution in [-0.4, -0.2) is 39.9 Å². The minimum atomic E-state index is -0.879. The predicted octanol–water partition coefficient (Wildman–Crippen LogP) is 0.649. The number of aromatic nitrogens is 2. The Hall–Kier alpha value is -2.05. The molecule has 0 fully saturated rings. The van der Waals surface area contributed by atoms with E-state index < -0.39 is 5.97 Å². The Morgan fingerprint density at radius 1 is 1.50 bits per heavy atom. The van der Waals surface area contributed by atoms with Crippen molar-refractivity contribution in [1.29, 1.82) is 0 Å². The maximum Gasteiger partial charge on any atom is 0.303 e. The van der Waals surface area contributed by atoms with Crippen molar-refractivity contribution in [1.82, 2.24) is 15.1 Å². The number of carbonyl (C=O) groups is 2. The number of carboxylic acid groups (broad SMARTS) is 1. The molecule has 0 spiro atoms. The number of ether oxygens (including phenoxy) is 1. The molecule has 0 aliphatic carbocycles. The summed E-state index contributed by atoms with van der Waals surface area (Å²) in [6.45, 7) is 3.28. The van der Waals surface area contributed by atoms with E-state index in [1.54, 1.807) is 18.8 Å². The zero-order valence-electron chi connectivity index (χ0n) is 12.3. The lowest BCUT2D eigenvalue weighted by molar-refractivity contribution is -0.137. The highest BCUT2D eigenvalue weighted by atomic mass is 16.5. The molecule has 0 aliphatic rings. The number of rotatable bonds is 7. The van der Waals surface area contributed by atoms with Crippen molar-refractivity contribution in [3.63, 3.8) is 0 Å². The molecule has 7 nitrogen and oxygen atoms in total. The van der Waals surface area contributed by atoms with Gasteiger partial charge in [0.2, 0.25) is 11.8 Å². The van der Waals surface area contributed by atoms with Gasteiger partial charge in [0.25, 0.3) is 0 Å². The van der Waals surface area contributed by atoms with Crippen molar-refractivity contribution in [2.24, 2.45) is 7.05 Å². The van der Waals surface area contributed by atoms with Crippen molar-refractivity contribution in [3.05, 3.63) is 11.3 Å². The van der Waals surface area contributed by atoms with Crippen LogP contribution in [0.4, 0.5) is 0 Å². The van der Waals surface area contributed by atoms with Gasteiger partial charge >= 0.3 is 5.97 Å². The molecule has 1 aromatic heterocycles. The average molecular weight is 283 g/mol. The quantitative estimate of drug-likeness (QED) is 0.766. The molecule has 1 unspecified atom stereocenters. The van der Waals surface area contributed by atoms with Gasteiger partial charge in [0.15, 0.2) is 0 Å². The summed E-state index contributed by atoms with van der Waals surface area (Å²) in [5.74, 6) is -0.427. The monoisotopic (exact) mass is 283 g/mol. The maximum absolute atomic E-state index is 11.2. The minimum Gasteiger partial charge on any atom is -0.481 e. The summed E-state index contributed by atoms with van der Waals surface area (Å²) < 4.78 is 6.93. The van der Waals surface area contributed by atoms with Crippen LogP contribution in [0.15, 0.2) is 0 Å². The molecular formula is C13H21N3O4. The van der Waals surface area contributed by atoms with Gasteiger partial charge in [-0.25, -0.2) is 4.68 Å². The number of aryl methyl sites for hydroxylation is 2. The summed E-state index contributed by atoms with van der Waals surface area (Å²) in [4.78, 5) is 21.9. The number of methoxy groups -OCH3 is 1. The van der Waals surface area contributed by atoms with Crippen LogP contribution in [0, 0.1) is 6.92 Å². The molecule has 1 heterocycles. The van der Waals surface area contributed by atoms with Crippen LogP contribution in [0.5, 0.6) is 5.88 Å². The van der Waals surface area contributed by atoms with Crippen molar-refractivity contribution >= 4 is 11.9 Å². The van der Waals surface area contributed by atoms with E-state index in [0.29, 0.717) is 18.7 Å². The van der Waals surface area contributed by atoms with E-state index in [4.69, 9.17) is 9.84 Å². The molecule has 0 saturated carbocycles. The normalized spacial score (nSPS) is 12.0. The Bertz CT molecular complexity index is 496. The zero-order chi connectivity index (χ0) is 15.3. The second-order valence-electron chi connectivity index (χ2n) is 4.73. The fraction of sp³-hybridized carbons (Fsp3) is 0.615. The lowest BCUT2D eigenvalue weighted by Gasteiger charge is -2.17. The van der Waals surface area contributed by atoms with Crippen LogP contribution in [0.3, 0.4) is 0 Å². The van der Waals surface area contributed by atoms with Gasteiger partial charge in [-0.2, -0.15) is 5.10 Å². The average Bonchev–Trinajstić information content (AvgIpc) is 2.60. The van der Waals surface area contributed by atoms with Crippen LogP contribution in [0.25, 0.3) is 0 Å². The molecule has 1 atom stereocenters. The lowest BCUT2D eigenvalue weighted by Crippen LogP contribution is -2.35. The molecule has 0 saturated heterocycles. The number of carbonyl (C=O) groups excluding carboxylic acids is 1. The number of aliphatic carboxylic acids is 1. The van der Waals surface area contributed by atoms with Crippen molar-refractivity contribution in [3.8, 4) is 5.88 Å². The fourth-order valence-corrected chi connectivity index (χ4v) is 2.23. The van der Waals surface area contributed by atoms with Gasteiger partial charge in [0, 0.05) is 32.0 Å². The number of nitrogens with one attached hydrogen (secondary N) is 1. The molecule has 112 valence electrons. The molecule has 1 amide bonds. The van der Waals surface area contributed by atoms with Crippen molar-refractivity contribution < 1.29 is 19.4 Å².